The Morgan fingerprint density at radius 2 is 1.56 bits per heavy atom. The first-order chi connectivity index (χ1) is 31.6. The van der Waals surface area contributed by atoms with Crippen molar-refractivity contribution in [3.05, 3.63) is 82.3 Å². The van der Waals surface area contributed by atoms with E-state index in [0.717, 1.165) is 69.4 Å². The van der Waals surface area contributed by atoms with Gasteiger partial charge >= 0.3 is 18.1 Å². The lowest BCUT2D eigenvalue weighted by Gasteiger charge is -2.33. The number of ketones is 1. The average molecular weight is 1050 g/mol. The highest BCUT2D eigenvalue weighted by atomic mass is 32.2. The van der Waals surface area contributed by atoms with E-state index in [1.54, 1.807) is 44.1 Å². The average Bonchev–Trinajstić information content (AvgIpc) is 3.58. The Morgan fingerprint density at radius 1 is 0.926 bits per heavy atom. The van der Waals surface area contributed by atoms with Crippen LogP contribution in [0.3, 0.4) is 0 Å². The maximum absolute atomic E-state index is 14.0. The molecule has 0 radical (unpaired) electrons. The summed E-state index contributed by atoms with van der Waals surface area (Å²) < 4.78 is 85.1. The second-order valence-electron chi connectivity index (χ2n) is 18.5. The monoisotopic (exact) mass is 1050 g/mol. The largest absolute Gasteiger partial charge is 0.871 e. The van der Waals surface area contributed by atoms with Crippen LogP contribution in [0.15, 0.2) is 71.2 Å². The van der Waals surface area contributed by atoms with E-state index in [2.05, 4.69) is 23.4 Å². The van der Waals surface area contributed by atoms with Gasteiger partial charge in [0.05, 0.1) is 5.41 Å². The van der Waals surface area contributed by atoms with Crippen molar-refractivity contribution in [3.8, 4) is 0 Å². The number of Topliss-reactive ketones (excluding diaryl/α,β-unsaturated/α-hetero) is 1. The van der Waals surface area contributed by atoms with Gasteiger partial charge in [0.2, 0.25) is 5.69 Å². The predicted octanol–water partition coefficient (Wildman–Crippen LogP) is 8.66. The third kappa shape index (κ3) is 14.2. The lowest BCUT2D eigenvalue weighted by atomic mass is 9.77. The quantitative estimate of drug-likeness (QED) is 0.0184. The molecule has 2 heterocycles. The summed E-state index contributed by atoms with van der Waals surface area (Å²) in [6.07, 6.45) is 3.51. The fourth-order valence-corrected chi connectivity index (χ4v) is 11.0. The fraction of sp³-hybridized carbons (Fsp3) is 0.522. The molecule has 0 bridgehead atoms. The molecule has 2 atom stereocenters. The number of anilines is 1. The number of fused-ring (bicyclic) bond motifs is 2. The van der Waals surface area contributed by atoms with Crippen molar-refractivity contribution < 1.29 is 69.7 Å². The highest BCUT2D eigenvalue weighted by Crippen LogP contribution is 2.51. The van der Waals surface area contributed by atoms with Crippen LogP contribution >= 0.6 is 43.4 Å². The lowest BCUT2D eigenvalue weighted by molar-refractivity contribution is -0.777. The minimum atomic E-state index is -4.74. The van der Waals surface area contributed by atoms with Gasteiger partial charge in [0.15, 0.2) is 11.5 Å². The Hall–Kier alpha value is -3.19. The molecule has 1 N–H and O–H groups in total. The van der Waals surface area contributed by atoms with Gasteiger partial charge in [-0.25, -0.2) is 0 Å². The zero-order valence-electron chi connectivity index (χ0n) is 39.9. The standard InChI is InChI=1S/C39H51FN2O9P4S.C7H12F3NO/c1-38(2)29-21-25(54(5,6)47)14-16-31(29)41(18-11-9-10-13-35(43)49-53(40)52)33(38)23-27-36(44)28(37(27)45)24-34-39(3,4)30-22-26(55(7,8)48)15-17-32(30)42(34)19-12-20-56-51-50-46;1-2-3-4-5-11-6(12)7(8,9)10/h14-17,21-24H,9-13,18-20,52H2,1-8H3,(H-,44,46);2-5H2,1H3,(H,11,12)/p-1. The molecule has 22 heteroatoms. The molecule has 3 aliphatic rings. The van der Waals surface area contributed by atoms with Crippen LogP contribution < -0.4 is 31.2 Å². The number of halogens is 4. The van der Waals surface area contributed by atoms with Crippen LogP contribution in [0.1, 0.15) is 97.1 Å². The molecule has 0 aromatic heterocycles. The summed E-state index contributed by atoms with van der Waals surface area (Å²) in [4.78, 5) is 38.2. The van der Waals surface area contributed by atoms with Crippen molar-refractivity contribution in [2.24, 2.45) is 0 Å². The summed E-state index contributed by atoms with van der Waals surface area (Å²) in [5.74, 6) is -2.72. The number of hydrogen-bond donors (Lipinski definition) is 1. The van der Waals surface area contributed by atoms with Gasteiger partial charge in [-0.15, -0.1) is 0 Å². The second-order valence-corrected chi connectivity index (χ2v) is 27.7. The number of alkyl halides is 3. The third-order valence-electron chi connectivity index (χ3n) is 12.0. The molecule has 2 aromatic carbocycles. The first kappa shape index (κ1) is 57.4. The Bertz CT molecular complexity index is 2440. The van der Waals surface area contributed by atoms with Gasteiger partial charge in [0, 0.05) is 100.0 Å². The highest BCUT2D eigenvalue weighted by Gasteiger charge is 2.47. The Kier molecular flexibility index (Phi) is 20.1. The summed E-state index contributed by atoms with van der Waals surface area (Å²) in [5.41, 5.74) is 4.00. The highest BCUT2D eigenvalue weighted by molar-refractivity contribution is 8.08. The van der Waals surface area contributed by atoms with Crippen molar-refractivity contribution in [2.75, 3.05) is 56.9 Å². The molecule has 13 nitrogen and oxygen atoms in total. The summed E-state index contributed by atoms with van der Waals surface area (Å²) in [6, 6.07) is 11.5. The van der Waals surface area contributed by atoms with E-state index < -0.39 is 51.3 Å². The SMILES string of the molecule is CC1(C)C(C=C2C(=O)C(/C=C3/N(CCCCCC(=O)OP(F)P)c4ccc(P(C)(C)=O)cc4C3(C)C)=C2[O-])=[N+](CCCSOO[O-])c2ccc(P(C)(C)=O)cc21.CCCCCNC(=O)C(F)(F)F. The number of benzene rings is 2. The van der Waals surface area contributed by atoms with Gasteiger partial charge in [0.1, 0.15) is 20.8 Å². The van der Waals surface area contributed by atoms with E-state index in [0.29, 0.717) is 50.9 Å². The van der Waals surface area contributed by atoms with Gasteiger partial charge in [-0.05, 0) is 111 Å². The van der Waals surface area contributed by atoms with Crippen LogP contribution in [0.4, 0.5) is 28.7 Å². The summed E-state index contributed by atoms with van der Waals surface area (Å²) in [6.45, 7) is 18.0. The van der Waals surface area contributed by atoms with Crippen molar-refractivity contribution in [3.63, 3.8) is 0 Å². The van der Waals surface area contributed by atoms with Crippen LogP contribution in [0, 0.1) is 0 Å². The van der Waals surface area contributed by atoms with Gasteiger partial charge in [0.25, 0.3) is 8.15 Å². The Labute approximate surface area is 404 Å². The number of unbranched alkanes of at least 4 members (excludes halogenated alkanes) is 4. The molecule has 1 aliphatic carbocycles. The number of carbonyl (C=O) groups excluding carboxylic acids is 3. The first-order valence-corrected chi connectivity index (χ1v) is 31.0. The van der Waals surface area contributed by atoms with Crippen LogP contribution in [0.25, 0.3) is 0 Å². The molecule has 5 rings (SSSR count). The maximum Gasteiger partial charge on any atom is 0.471 e. The van der Waals surface area contributed by atoms with Gasteiger partial charge in [-0.1, -0.05) is 45.8 Å². The molecule has 0 fully saturated rings. The zero-order chi connectivity index (χ0) is 51.0. The van der Waals surface area contributed by atoms with Crippen molar-refractivity contribution >= 4 is 88.8 Å². The van der Waals surface area contributed by atoms with Crippen molar-refractivity contribution in [1.29, 1.82) is 0 Å². The number of nitrogens with zero attached hydrogens (tertiary/aromatic N) is 2. The van der Waals surface area contributed by atoms with E-state index in [9.17, 15) is 51.2 Å². The summed E-state index contributed by atoms with van der Waals surface area (Å²) in [7, 11) is -5.67. The van der Waals surface area contributed by atoms with Gasteiger partial charge in [-0.2, -0.15) is 26.3 Å². The van der Waals surface area contributed by atoms with Gasteiger partial charge < -0.3 is 34.2 Å². The molecule has 68 heavy (non-hydrogen) atoms. The van der Waals surface area contributed by atoms with Gasteiger partial charge in [-0.3, -0.25) is 19.4 Å². The molecular formula is C46H62F4N3O10P4S-. The minimum absolute atomic E-state index is 0.0708. The summed E-state index contributed by atoms with van der Waals surface area (Å²) >= 11 is 0.888. The molecule has 0 saturated carbocycles. The number of amides is 1. The van der Waals surface area contributed by atoms with Crippen molar-refractivity contribution in [1.82, 2.24) is 5.32 Å². The molecule has 0 saturated heterocycles. The zero-order valence-corrected chi connectivity index (χ0v) is 44.6. The number of hydrogen-bond acceptors (Lipinski definition) is 12. The Balaban J connectivity index is 0.000000738. The van der Waals surface area contributed by atoms with E-state index >= 15 is 0 Å². The summed E-state index contributed by atoms with van der Waals surface area (Å²) in [5, 5.41) is 31.1. The number of carbonyl (C=O) groups is 3. The van der Waals surface area contributed by atoms with E-state index in [4.69, 9.17) is 0 Å². The van der Waals surface area contributed by atoms with Crippen LogP contribution in [-0.4, -0.2) is 86.2 Å². The minimum Gasteiger partial charge on any atom is -0.871 e. The van der Waals surface area contributed by atoms with E-state index in [1.165, 1.54) is 0 Å². The topological polar surface area (TPSA) is 177 Å². The first-order valence-electron chi connectivity index (χ1n) is 22.2. The van der Waals surface area contributed by atoms with Crippen LogP contribution in [0.5, 0.6) is 0 Å². The smallest absolute Gasteiger partial charge is 0.471 e. The molecule has 2 aromatic rings. The Morgan fingerprint density at radius 3 is 2.13 bits per heavy atom. The molecular weight excluding hydrogens is 986 g/mol. The molecule has 2 aliphatic heterocycles. The molecule has 376 valence electrons. The third-order valence-corrected chi connectivity index (χ3v) is 16.3. The molecule has 1 amide bonds. The number of allylic oxidation sites excluding steroid dienone is 5. The van der Waals surface area contributed by atoms with Crippen LogP contribution in [0.2, 0.25) is 0 Å². The second kappa shape index (κ2) is 23.8. The predicted molar refractivity (Wildman–Crippen MR) is 263 cm³/mol. The molecule has 0 spiro atoms. The number of nitrogens with one attached hydrogen (secondary N) is 1. The molecule has 2 unspecified atom stereocenters. The lowest BCUT2D eigenvalue weighted by Crippen LogP contribution is -2.37. The fourth-order valence-electron chi connectivity index (χ4n) is 8.24. The number of rotatable bonds is 21. The normalized spacial score (nSPS) is 18.0. The van der Waals surface area contributed by atoms with E-state index in [-0.39, 0.29) is 35.7 Å². The van der Waals surface area contributed by atoms with Crippen molar-refractivity contribution in [2.45, 2.75) is 103 Å². The van der Waals surface area contributed by atoms with E-state index in [1.807, 2.05) is 79.9 Å². The van der Waals surface area contributed by atoms with Crippen LogP contribution in [-0.2, 0) is 48.2 Å². The maximum atomic E-state index is 14.0.